The van der Waals surface area contributed by atoms with Crippen LogP contribution in [-0.4, -0.2) is 22.1 Å². The Morgan fingerprint density at radius 3 is 2.82 bits per heavy atom. The summed E-state index contributed by atoms with van der Waals surface area (Å²) in [7, 11) is 0. The van der Waals surface area contributed by atoms with Crippen molar-refractivity contribution in [2.75, 3.05) is 0 Å². The fourth-order valence-electron chi connectivity index (χ4n) is 1.12. The number of carboxylic acids is 1. The third-order valence-corrected chi connectivity index (χ3v) is 2.57. The molecule has 0 amide bonds. The SMILES string of the molecule is C[C@@H](OCc1ccc(Br)cc1[N+](=O)[O-])C(=O)O. The molecule has 7 heteroatoms. The van der Waals surface area contributed by atoms with Crippen LogP contribution in [0.2, 0.25) is 0 Å². The fourth-order valence-corrected chi connectivity index (χ4v) is 1.46. The van der Waals surface area contributed by atoms with Gasteiger partial charge < -0.3 is 9.84 Å². The highest BCUT2D eigenvalue weighted by Crippen LogP contribution is 2.24. The summed E-state index contributed by atoms with van der Waals surface area (Å²) < 4.78 is 5.58. The highest BCUT2D eigenvalue weighted by Gasteiger charge is 2.17. The van der Waals surface area contributed by atoms with Crippen LogP contribution in [0.5, 0.6) is 0 Å². The summed E-state index contributed by atoms with van der Waals surface area (Å²) in [4.78, 5) is 20.8. The number of aliphatic carboxylic acids is 1. The van der Waals surface area contributed by atoms with Crippen LogP contribution in [0.15, 0.2) is 22.7 Å². The van der Waals surface area contributed by atoms with E-state index in [4.69, 9.17) is 9.84 Å². The van der Waals surface area contributed by atoms with Crippen molar-refractivity contribution in [3.05, 3.63) is 38.3 Å². The number of carbonyl (C=O) groups is 1. The lowest BCUT2D eigenvalue weighted by atomic mass is 10.2. The Morgan fingerprint density at radius 2 is 2.29 bits per heavy atom. The van der Waals surface area contributed by atoms with Crippen molar-refractivity contribution in [3.8, 4) is 0 Å². The Morgan fingerprint density at radius 1 is 1.65 bits per heavy atom. The van der Waals surface area contributed by atoms with Gasteiger partial charge in [-0.3, -0.25) is 10.1 Å². The Kier molecular flexibility index (Phi) is 4.59. The lowest BCUT2D eigenvalue weighted by Crippen LogP contribution is -2.19. The topological polar surface area (TPSA) is 89.7 Å². The molecule has 0 saturated carbocycles. The number of rotatable bonds is 5. The molecule has 1 N–H and O–H groups in total. The van der Waals surface area contributed by atoms with Crippen molar-refractivity contribution < 1.29 is 19.6 Å². The number of nitrogens with zero attached hydrogens (tertiary/aromatic N) is 1. The van der Waals surface area contributed by atoms with Gasteiger partial charge in [0, 0.05) is 10.5 Å². The van der Waals surface area contributed by atoms with Gasteiger partial charge in [0.15, 0.2) is 6.10 Å². The normalized spacial score (nSPS) is 12.1. The second-order valence-corrected chi connectivity index (χ2v) is 4.24. The van der Waals surface area contributed by atoms with Gasteiger partial charge in [-0.2, -0.15) is 0 Å². The first-order chi connectivity index (χ1) is 7.91. The molecule has 6 nitrogen and oxygen atoms in total. The molecule has 0 spiro atoms. The van der Waals surface area contributed by atoms with E-state index >= 15 is 0 Å². The number of halogens is 1. The molecule has 0 aliphatic rings. The number of benzene rings is 1. The molecule has 0 heterocycles. The maximum absolute atomic E-state index is 10.8. The van der Waals surface area contributed by atoms with E-state index in [0.717, 1.165) is 0 Å². The minimum atomic E-state index is -1.11. The fraction of sp³-hybridized carbons (Fsp3) is 0.300. The van der Waals surface area contributed by atoms with Crippen molar-refractivity contribution in [1.82, 2.24) is 0 Å². The van der Waals surface area contributed by atoms with Crippen LogP contribution in [0.3, 0.4) is 0 Å². The lowest BCUT2D eigenvalue weighted by Gasteiger charge is -2.08. The molecule has 0 bridgehead atoms. The number of carboxylic acid groups (broad SMARTS) is 1. The summed E-state index contributed by atoms with van der Waals surface area (Å²) in [6, 6.07) is 4.51. The molecule has 0 aliphatic heterocycles. The van der Waals surface area contributed by atoms with Crippen LogP contribution >= 0.6 is 15.9 Å². The summed E-state index contributed by atoms with van der Waals surface area (Å²) in [6.07, 6.45) is -1.00. The molecule has 0 saturated heterocycles. The standard InChI is InChI=1S/C10H10BrNO5/c1-6(10(13)14)17-5-7-2-3-8(11)4-9(7)12(15)16/h2-4,6H,5H2,1H3,(H,13,14)/t6-/m1/s1. The largest absolute Gasteiger partial charge is 0.479 e. The van der Waals surface area contributed by atoms with Gasteiger partial charge in [0.2, 0.25) is 0 Å². The zero-order valence-corrected chi connectivity index (χ0v) is 10.5. The molecule has 17 heavy (non-hydrogen) atoms. The lowest BCUT2D eigenvalue weighted by molar-refractivity contribution is -0.386. The molecule has 0 aliphatic carbocycles. The van der Waals surface area contributed by atoms with Crippen LogP contribution < -0.4 is 0 Å². The van der Waals surface area contributed by atoms with E-state index in [1.54, 1.807) is 6.07 Å². The van der Waals surface area contributed by atoms with E-state index in [0.29, 0.717) is 10.0 Å². The van der Waals surface area contributed by atoms with Crippen LogP contribution in [0.1, 0.15) is 12.5 Å². The second-order valence-electron chi connectivity index (χ2n) is 3.32. The summed E-state index contributed by atoms with van der Waals surface area (Å²) in [5.41, 5.74) is 0.239. The predicted molar refractivity (Wildman–Crippen MR) is 62.7 cm³/mol. The van der Waals surface area contributed by atoms with Crippen LogP contribution in [0.4, 0.5) is 5.69 Å². The second kappa shape index (κ2) is 5.74. The highest BCUT2D eigenvalue weighted by atomic mass is 79.9. The first-order valence-electron chi connectivity index (χ1n) is 4.69. The first kappa shape index (κ1) is 13.6. The van der Waals surface area contributed by atoms with Crippen LogP contribution in [0.25, 0.3) is 0 Å². The van der Waals surface area contributed by atoms with Crippen LogP contribution in [0, 0.1) is 10.1 Å². The minimum absolute atomic E-state index is 0.100. The van der Waals surface area contributed by atoms with Gasteiger partial charge in [-0.25, -0.2) is 4.79 Å². The Bertz CT molecular complexity index is 448. The molecule has 92 valence electrons. The maximum atomic E-state index is 10.8. The molecule has 0 unspecified atom stereocenters. The van der Waals surface area contributed by atoms with Crippen molar-refractivity contribution >= 4 is 27.6 Å². The van der Waals surface area contributed by atoms with E-state index in [1.165, 1.54) is 19.1 Å². The number of nitro benzene ring substituents is 1. The first-order valence-corrected chi connectivity index (χ1v) is 5.48. The summed E-state index contributed by atoms with van der Waals surface area (Å²) in [6.45, 7) is 1.25. The van der Waals surface area contributed by atoms with E-state index < -0.39 is 17.0 Å². The Hall–Kier alpha value is -1.47. The average Bonchev–Trinajstić information content (AvgIpc) is 2.26. The summed E-state index contributed by atoms with van der Waals surface area (Å²) >= 11 is 3.13. The van der Waals surface area contributed by atoms with Crippen molar-refractivity contribution in [2.45, 2.75) is 19.6 Å². The van der Waals surface area contributed by atoms with Gasteiger partial charge in [0.1, 0.15) is 0 Å². The van der Waals surface area contributed by atoms with E-state index in [9.17, 15) is 14.9 Å². The van der Waals surface area contributed by atoms with Gasteiger partial charge in [0.25, 0.3) is 5.69 Å². The molecule has 1 atom stereocenters. The zero-order chi connectivity index (χ0) is 13.0. The number of ether oxygens (including phenoxy) is 1. The quantitative estimate of drug-likeness (QED) is 0.666. The van der Waals surface area contributed by atoms with E-state index in [-0.39, 0.29) is 12.3 Å². The molecule has 0 aromatic heterocycles. The average molecular weight is 304 g/mol. The number of hydrogen-bond donors (Lipinski definition) is 1. The molecule has 1 aromatic carbocycles. The van der Waals surface area contributed by atoms with Gasteiger partial charge in [-0.05, 0) is 19.1 Å². The van der Waals surface area contributed by atoms with Gasteiger partial charge in [-0.15, -0.1) is 0 Å². The monoisotopic (exact) mass is 303 g/mol. The maximum Gasteiger partial charge on any atom is 0.332 e. The molecular weight excluding hydrogens is 294 g/mol. The van der Waals surface area contributed by atoms with E-state index in [2.05, 4.69) is 15.9 Å². The Labute approximate surface area is 105 Å². The van der Waals surface area contributed by atoms with Gasteiger partial charge in [0.05, 0.1) is 17.1 Å². The molecular formula is C10H10BrNO5. The van der Waals surface area contributed by atoms with Crippen LogP contribution in [-0.2, 0) is 16.1 Å². The molecule has 0 fully saturated rings. The third-order valence-electron chi connectivity index (χ3n) is 2.08. The van der Waals surface area contributed by atoms with E-state index in [1.807, 2.05) is 0 Å². The zero-order valence-electron chi connectivity index (χ0n) is 8.92. The molecule has 1 aromatic rings. The van der Waals surface area contributed by atoms with Gasteiger partial charge in [-0.1, -0.05) is 15.9 Å². The van der Waals surface area contributed by atoms with Crippen molar-refractivity contribution in [3.63, 3.8) is 0 Å². The third kappa shape index (κ3) is 3.79. The Balaban J connectivity index is 2.84. The van der Waals surface area contributed by atoms with Crippen molar-refractivity contribution in [2.24, 2.45) is 0 Å². The summed E-state index contributed by atoms with van der Waals surface area (Å²) in [5.74, 6) is -1.11. The minimum Gasteiger partial charge on any atom is -0.479 e. The number of hydrogen-bond acceptors (Lipinski definition) is 4. The summed E-state index contributed by atoms with van der Waals surface area (Å²) in [5, 5.41) is 19.4. The smallest absolute Gasteiger partial charge is 0.332 e. The number of nitro groups is 1. The molecule has 0 radical (unpaired) electrons. The van der Waals surface area contributed by atoms with Gasteiger partial charge >= 0.3 is 5.97 Å². The van der Waals surface area contributed by atoms with Crippen molar-refractivity contribution in [1.29, 1.82) is 0 Å². The molecule has 1 rings (SSSR count). The highest BCUT2D eigenvalue weighted by molar-refractivity contribution is 9.10. The predicted octanol–water partition coefficient (Wildman–Crippen LogP) is 2.35.